The second kappa shape index (κ2) is 4.44. The normalized spacial score (nSPS) is 14.3. The van der Waals surface area contributed by atoms with Crippen molar-refractivity contribution in [2.75, 3.05) is 0 Å². The number of hydrogen-bond acceptors (Lipinski definition) is 4. The summed E-state index contributed by atoms with van der Waals surface area (Å²) in [4.78, 5) is 9.06. The van der Waals surface area contributed by atoms with Gasteiger partial charge in [0.05, 0.1) is 11.9 Å². The molecule has 2 aromatic rings. The Labute approximate surface area is 107 Å². The molecular formula is C14H16N4. The third-order valence-corrected chi connectivity index (χ3v) is 3.47. The lowest BCUT2D eigenvalue weighted by molar-refractivity contribution is 0.677. The van der Waals surface area contributed by atoms with E-state index in [-0.39, 0.29) is 0 Å². The highest BCUT2D eigenvalue weighted by Crippen LogP contribution is 2.26. The number of aryl methyl sites for hydroxylation is 3. The molecule has 92 valence electrons. The predicted molar refractivity (Wildman–Crippen MR) is 69.2 cm³/mol. The number of nitrogens with zero attached hydrogens (tertiary/aromatic N) is 4. The van der Waals surface area contributed by atoms with Gasteiger partial charge >= 0.3 is 0 Å². The third kappa shape index (κ3) is 1.98. The largest absolute Gasteiger partial charge is 0.251 e. The first kappa shape index (κ1) is 11.3. The van der Waals surface area contributed by atoms with E-state index in [2.05, 4.69) is 33.2 Å². The Bertz CT molecular complexity index is 592. The maximum Gasteiger partial charge on any atom is 0.148 e. The van der Waals surface area contributed by atoms with Gasteiger partial charge in [-0.15, -0.1) is 5.10 Å². The van der Waals surface area contributed by atoms with E-state index < -0.39 is 0 Å². The van der Waals surface area contributed by atoms with Gasteiger partial charge in [-0.2, -0.15) is 5.10 Å². The summed E-state index contributed by atoms with van der Waals surface area (Å²) < 4.78 is 0. The van der Waals surface area contributed by atoms with E-state index in [4.69, 9.17) is 0 Å². The Morgan fingerprint density at radius 2 is 1.83 bits per heavy atom. The monoisotopic (exact) mass is 240 g/mol. The van der Waals surface area contributed by atoms with Crippen LogP contribution in [0.2, 0.25) is 0 Å². The summed E-state index contributed by atoms with van der Waals surface area (Å²) >= 11 is 0. The summed E-state index contributed by atoms with van der Waals surface area (Å²) in [5.74, 6) is 0.685. The number of hydrogen-bond donors (Lipinski definition) is 0. The lowest BCUT2D eigenvalue weighted by Gasteiger charge is -2.18. The second-order valence-corrected chi connectivity index (χ2v) is 4.83. The molecule has 0 fully saturated rings. The van der Waals surface area contributed by atoms with Crippen LogP contribution < -0.4 is 0 Å². The molecule has 4 heteroatoms. The molecule has 0 saturated heterocycles. The summed E-state index contributed by atoms with van der Waals surface area (Å²) in [5, 5.41) is 7.84. The first-order chi connectivity index (χ1) is 8.74. The first-order valence-corrected chi connectivity index (χ1v) is 6.40. The van der Waals surface area contributed by atoms with Crippen molar-refractivity contribution in [3.8, 4) is 11.4 Å². The number of rotatable bonds is 1. The molecule has 0 bridgehead atoms. The average Bonchev–Trinajstić information content (AvgIpc) is 2.39. The topological polar surface area (TPSA) is 51.6 Å². The lowest BCUT2D eigenvalue weighted by atomic mass is 9.90. The van der Waals surface area contributed by atoms with Crippen LogP contribution >= 0.6 is 0 Å². The highest BCUT2D eigenvalue weighted by Gasteiger charge is 2.15. The minimum Gasteiger partial charge on any atom is -0.251 e. The Kier molecular flexibility index (Phi) is 2.78. The van der Waals surface area contributed by atoms with Crippen LogP contribution in [0.5, 0.6) is 0 Å². The smallest absolute Gasteiger partial charge is 0.148 e. The van der Waals surface area contributed by atoms with Crippen LogP contribution in [0.15, 0.2) is 12.3 Å². The molecular weight excluding hydrogens is 224 g/mol. The van der Waals surface area contributed by atoms with Crippen molar-refractivity contribution in [3.63, 3.8) is 0 Å². The Morgan fingerprint density at radius 3 is 2.67 bits per heavy atom. The van der Waals surface area contributed by atoms with Gasteiger partial charge in [0.15, 0.2) is 0 Å². The van der Waals surface area contributed by atoms with Crippen molar-refractivity contribution in [3.05, 3.63) is 34.9 Å². The first-order valence-electron chi connectivity index (χ1n) is 6.40. The molecule has 0 N–H and O–H groups in total. The van der Waals surface area contributed by atoms with Crippen molar-refractivity contribution >= 4 is 0 Å². The van der Waals surface area contributed by atoms with Gasteiger partial charge in [-0.05, 0) is 56.7 Å². The molecule has 2 heterocycles. The molecule has 0 radical (unpaired) electrons. The SMILES string of the molecule is Cc1nncc(-c2cc3c(c(C)n2)CCCC3)n1. The molecule has 3 rings (SSSR count). The van der Waals surface area contributed by atoms with Gasteiger partial charge in [-0.25, -0.2) is 4.98 Å². The van der Waals surface area contributed by atoms with Crippen LogP contribution in [0.4, 0.5) is 0 Å². The van der Waals surface area contributed by atoms with Crippen LogP contribution in [0, 0.1) is 13.8 Å². The zero-order chi connectivity index (χ0) is 12.5. The molecule has 0 amide bonds. The van der Waals surface area contributed by atoms with E-state index in [9.17, 15) is 0 Å². The van der Waals surface area contributed by atoms with Crippen molar-refractivity contribution in [2.24, 2.45) is 0 Å². The van der Waals surface area contributed by atoms with Crippen molar-refractivity contribution in [2.45, 2.75) is 39.5 Å². The van der Waals surface area contributed by atoms with Crippen LogP contribution in [-0.2, 0) is 12.8 Å². The van der Waals surface area contributed by atoms with E-state index in [0.29, 0.717) is 5.82 Å². The minimum atomic E-state index is 0.685. The number of aromatic nitrogens is 4. The summed E-state index contributed by atoms with van der Waals surface area (Å²) in [6.07, 6.45) is 6.56. The predicted octanol–water partition coefficient (Wildman–Crippen LogP) is 2.43. The molecule has 1 aliphatic rings. The maximum absolute atomic E-state index is 4.67. The number of fused-ring (bicyclic) bond motifs is 1. The average molecular weight is 240 g/mol. The summed E-state index contributed by atoms with van der Waals surface area (Å²) in [7, 11) is 0. The fraction of sp³-hybridized carbons (Fsp3) is 0.429. The van der Waals surface area contributed by atoms with Gasteiger partial charge in [0.2, 0.25) is 0 Å². The van der Waals surface area contributed by atoms with Crippen LogP contribution in [-0.4, -0.2) is 20.2 Å². The molecule has 0 saturated carbocycles. The van der Waals surface area contributed by atoms with Gasteiger partial charge in [-0.3, -0.25) is 4.98 Å². The van der Waals surface area contributed by atoms with Gasteiger partial charge in [0.25, 0.3) is 0 Å². The molecule has 1 aliphatic carbocycles. The van der Waals surface area contributed by atoms with Crippen LogP contribution in [0.3, 0.4) is 0 Å². The Morgan fingerprint density at radius 1 is 1.00 bits per heavy atom. The minimum absolute atomic E-state index is 0.685. The Balaban J connectivity index is 2.11. The molecule has 2 aromatic heterocycles. The second-order valence-electron chi connectivity index (χ2n) is 4.83. The highest BCUT2D eigenvalue weighted by atomic mass is 15.1. The third-order valence-electron chi connectivity index (χ3n) is 3.47. The molecule has 4 nitrogen and oxygen atoms in total. The van der Waals surface area contributed by atoms with Gasteiger partial charge in [-0.1, -0.05) is 0 Å². The quantitative estimate of drug-likeness (QED) is 0.768. The zero-order valence-corrected chi connectivity index (χ0v) is 10.8. The molecule has 0 unspecified atom stereocenters. The fourth-order valence-corrected chi connectivity index (χ4v) is 2.59. The van der Waals surface area contributed by atoms with Crippen molar-refractivity contribution in [1.82, 2.24) is 20.2 Å². The van der Waals surface area contributed by atoms with Crippen molar-refractivity contribution in [1.29, 1.82) is 0 Å². The molecule has 0 aromatic carbocycles. The van der Waals surface area contributed by atoms with E-state index in [1.165, 1.54) is 24.0 Å². The molecule has 0 atom stereocenters. The van der Waals surface area contributed by atoms with E-state index in [1.54, 1.807) is 6.20 Å². The standard InChI is InChI=1S/C14H16N4/c1-9-12-6-4-3-5-11(12)7-13(16-9)14-8-15-18-10(2)17-14/h7-8H,3-6H2,1-2H3. The molecule has 0 spiro atoms. The van der Waals surface area contributed by atoms with Gasteiger partial charge in [0.1, 0.15) is 11.5 Å². The number of pyridine rings is 1. The lowest BCUT2D eigenvalue weighted by Crippen LogP contribution is -2.08. The zero-order valence-electron chi connectivity index (χ0n) is 10.8. The molecule has 18 heavy (non-hydrogen) atoms. The van der Waals surface area contributed by atoms with Gasteiger partial charge in [0, 0.05) is 5.69 Å². The summed E-state index contributed by atoms with van der Waals surface area (Å²) in [5.41, 5.74) is 5.74. The van der Waals surface area contributed by atoms with Crippen LogP contribution in [0.1, 0.15) is 35.5 Å². The van der Waals surface area contributed by atoms with E-state index >= 15 is 0 Å². The fourth-order valence-electron chi connectivity index (χ4n) is 2.59. The van der Waals surface area contributed by atoms with Crippen molar-refractivity contribution < 1.29 is 0 Å². The molecule has 0 aliphatic heterocycles. The Hall–Kier alpha value is -1.84. The summed E-state index contributed by atoms with van der Waals surface area (Å²) in [6, 6.07) is 2.17. The van der Waals surface area contributed by atoms with E-state index in [0.717, 1.165) is 29.9 Å². The summed E-state index contributed by atoms with van der Waals surface area (Å²) in [6.45, 7) is 3.94. The van der Waals surface area contributed by atoms with Gasteiger partial charge < -0.3 is 0 Å². The highest BCUT2D eigenvalue weighted by molar-refractivity contribution is 5.56. The van der Waals surface area contributed by atoms with Crippen LogP contribution in [0.25, 0.3) is 11.4 Å². The van der Waals surface area contributed by atoms with E-state index in [1.807, 2.05) is 6.92 Å². The maximum atomic E-state index is 4.67.